The Hall–Kier alpha value is -1.55. The van der Waals surface area contributed by atoms with Crippen LogP contribution in [-0.4, -0.2) is 4.92 Å². The summed E-state index contributed by atoms with van der Waals surface area (Å²) in [4.78, 5) is 9.47. The molecule has 0 saturated carbocycles. The van der Waals surface area contributed by atoms with Crippen molar-refractivity contribution in [3.63, 3.8) is 0 Å². The van der Waals surface area contributed by atoms with Gasteiger partial charge >= 0.3 is 5.69 Å². The topological polar surface area (TPSA) is 66.9 Å². The molecule has 0 amide bonds. The Morgan fingerprint density at radius 2 is 2.20 bits per heavy atom. The standard InChI is InChI=1S/C8H3BrF2N2O2/c9-5-3-6(10)4(1-2-12)7(11)8(5)13(14)15/h3H,1H2. The van der Waals surface area contributed by atoms with Crippen LogP contribution in [0.3, 0.4) is 0 Å². The lowest BCUT2D eigenvalue weighted by atomic mass is 10.1. The maximum atomic E-state index is 13.4. The SMILES string of the molecule is N#CCc1c(F)cc(Br)c([N+](=O)[O-])c1F. The second-order valence-electron chi connectivity index (χ2n) is 2.57. The number of halogens is 3. The van der Waals surface area contributed by atoms with Crippen molar-refractivity contribution in [2.45, 2.75) is 6.42 Å². The summed E-state index contributed by atoms with van der Waals surface area (Å²) < 4.78 is 26.2. The molecule has 7 heteroatoms. The van der Waals surface area contributed by atoms with Crippen LogP contribution >= 0.6 is 15.9 Å². The molecule has 0 aliphatic rings. The van der Waals surface area contributed by atoms with Crippen molar-refractivity contribution in [1.29, 1.82) is 5.26 Å². The predicted octanol–water partition coefficient (Wildman–Crippen LogP) is 2.70. The smallest absolute Gasteiger partial charge is 0.258 e. The summed E-state index contributed by atoms with van der Waals surface area (Å²) in [5.74, 6) is -2.29. The Kier molecular flexibility index (Phi) is 3.31. The minimum absolute atomic E-state index is 0.288. The van der Waals surface area contributed by atoms with Crippen LogP contribution in [0.25, 0.3) is 0 Å². The second-order valence-corrected chi connectivity index (χ2v) is 3.43. The van der Waals surface area contributed by atoms with E-state index in [0.29, 0.717) is 0 Å². The van der Waals surface area contributed by atoms with Crippen molar-refractivity contribution < 1.29 is 13.7 Å². The average Bonchev–Trinajstić information content (AvgIpc) is 2.11. The molecule has 1 aromatic rings. The molecule has 0 radical (unpaired) electrons. The van der Waals surface area contributed by atoms with Crippen LogP contribution in [0.15, 0.2) is 10.5 Å². The third-order valence-electron chi connectivity index (χ3n) is 1.68. The minimum Gasteiger partial charge on any atom is -0.258 e. The van der Waals surface area contributed by atoms with E-state index in [2.05, 4.69) is 15.9 Å². The molecule has 0 saturated heterocycles. The molecule has 78 valence electrons. The highest BCUT2D eigenvalue weighted by atomic mass is 79.9. The van der Waals surface area contributed by atoms with E-state index in [1.54, 1.807) is 0 Å². The molecule has 1 rings (SSSR count). The van der Waals surface area contributed by atoms with Crippen LogP contribution in [0.4, 0.5) is 14.5 Å². The van der Waals surface area contributed by atoms with Gasteiger partial charge in [-0.2, -0.15) is 9.65 Å². The number of hydrogen-bond donors (Lipinski definition) is 0. The van der Waals surface area contributed by atoms with Crippen LogP contribution in [-0.2, 0) is 6.42 Å². The predicted molar refractivity (Wildman–Crippen MR) is 50.0 cm³/mol. The zero-order valence-electron chi connectivity index (χ0n) is 7.13. The van der Waals surface area contributed by atoms with E-state index < -0.39 is 34.2 Å². The van der Waals surface area contributed by atoms with Crippen LogP contribution < -0.4 is 0 Å². The normalized spacial score (nSPS) is 9.73. The molecule has 15 heavy (non-hydrogen) atoms. The number of nitriles is 1. The van der Waals surface area contributed by atoms with Gasteiger partial charge in [0.05, 0.1) is 17.4 Å². The van der Waals surface area contributed by atoms with Crippen LogP contribution in [0, 0.1) is 33.1 Å². The monoisotopic (exact) mass is 276 g/mol. The first-order valence-electron chi connectivity index (χ1n) is 3.66. The summed E-state index contributed by atoms with van der Waals surface area (Å²) in [5, 5.41) is 18.7. The van der Waals surface area contributed by atoms with E-state index in [-0.39, 0.29) is 4.47 Å². The highest BCUT2D eigenvalue weighted by molar-refractivity contribution is 9.10. The minimum atomic E-state index is -1.31. The van der Waals surface area contributed by atoms with Gasteiger partial charge in [0.2, 0.25) is 5.82 Å². The van der Waals surface area contributed by atoms with Gasteiger partial charge in [0.25, 0.3) is 0 Å². The molecular weight excluding hydrogens is 274 g/mol. The molecule has 0 bridgehead atoms. The number of hydrogen-bond acceptors (Lipinski definition) is 3. The molecule has 0 spiro atoms. The van der Waals surface area contributed by atoms with E-state index in [0.717, 1.165) is 6.07 Å². The van der Waals surface area contributed by atoms with Gasteiger partial charge in [-0.15, -0.1) is 0 Å². The number of benzene rings is 1. The van der Waals surface area contributed by atoms with Crippen molar-refractivity contribution in [1.82, 2.24) is 0 Å². The number of rotatable bonds is 2. The summed E-state index contributed by atoms with van der Waals surface area (Å²) in [6.45, 7) is 0. The lowest BCUT2D eigenvalue weighted by Gasteiger charge is -2.03. The summed E-state index contributed by atoms with van der Waals surface area (Å²) in [6, 6.07) is 2.31. The second kappa shape index (κ2) is 4.31. The largest absolute Gasteiger partial charge is 0.319 e. The fraction of sp³-hybridized carbons (Fsp3) is 0.125. The van der Waals surface area contributed by atoms with E-state index in [1.807, 2.05) is 0 Å². The molecule has 0 unspecified atom stereocenters. The summed E-state index contributed by atoms with van der Waals surface area (Å²) in [5.41, 5.74) is -1.45. The van der Waals surface area contributed by atoms with Gasteiger partial charge in [-0.1, -0.05) is 0 Å². The van der Waals surface area contributed by atoms with Gasteiger partial charge < -0.3 is 0 Å². The van der Waals surface area contributed by atoms with Crippen molar-refractivity contribution >= 4 is 21.6 Å². The quantitative estimate of drug-likeness (QED) is 0.616. The lowest BCUT2D eigenvalue weighted by molar-refractivity contribution is -0.388. The van der Waals surface area contributed by atoms with Crippen LogP contribution in [0.1, 0.15) is 5.56 Å². The molecule has 0 fully saturated rings. The Labute approximate surface area is 91.4 Å². The molecular formula is C8H3BrF2N2O2. The molecule has 1 aromatic carbocycles. The molecule has 4 nitrogen and oxygen atoms in total. The number of nitro groups is 1. The fourth-order valence-electron chi connectivity index (χ4n) is 1.03. The fourth-order valence-corrected chi connectivity index (χ4v) is 1.55. The Morgan fingerprint density at radius 1 is 1.60 bits per heavy atom. The van der Waals surface area contributed by atoms with Crippen molar-refractivity contribution in [3.05, 3.63) is 37.9 Å². The van der Waals surface area contributed by atoms with Gasteiger partial charge in [-0.3, -0.25) is 10.1 Å². The van der Waals surface area contributed by atoms with E-state index in [4.69, 9.17) is 5.26 Å². The van der Waals surface area contributed by atoms with Gasteiger partial charge in [0, 0.05) is 5.56 Å². The first-order chi connectivity index (χ1) is 6.99. The average molecular weight is 277 g/mol. The van der Waals surface area contributed by atoms with Gasteiger partial charge in [0.15, 0.2) is 0 Å². The molecule has 0 atom stereocenters. The van der Waals surface area contributed by atoms with E-state index in [9.17, 15) is 18.9 Å². The maximum Gasteiger partial charge on any atom is 0.319 e. The third-order valence-corrected chi connectivity index (χ3v) is 2.28. The Bertz CT molecular complexity index is 471. The number of nitrogens with zero attached hydrogens (tertiary/aromatic N) is 2. The third kappa shape index (κ3) is 2.10. The van der Waals surface area contributed by atoms with Crippen molar-refractivity contribution in [3.8, 4) is 6.07 Å². The Balaban J connectivity index is 3.50. The molecule has 0 N–H and O–H groups in total. The summed E-state index contributed by atoms with van der Waals surface area (Å²) >= 11 is 2.68. The molecule has 0 aromatic heterocycles. The maximum absolute atomic E-state index is 13.4. The van der Waals surface area contributed by atoms with Crippen LogP contribution in [0.5, 0.6) is 0 Å². The van der Waals surface area contributed by atoms with Crippen LogP contribution in [0.2, 0.25) is 0 Å². The van der Waals surface area contributed by atoms with Gasteiger partial charge in [0.1, 0.15) is 10.3 Å². The first kappa shape index (κ1) is 11.5. The first-order valence-corrected chi connectivity index (χ1v) is 4.46. The molecule has 0 aliphatic heterocycles. The van der Waals surface area contributed by atoms with Crippen molar-refractivity contribution in [2.75, 3.05) is 0 Å². The highest BCUT2D eigenvalue weighted by Crippen LogP contribution is 2.31. The zero-order valence-corrected chi connectivity index (χ0v) is 8.72. The lowest BCUT2D eigenvalue weighted by Crippen LogP contribution is -2.01. The Morgan fingerprint density at radius 3 is 2.67 bits per heavy atom. The zero-order chi connectivity index (χ0) is 11.6. The summed E-state index contributed by atoms with van der Waals surface area (Å²) in [7, 11) is 0. The van der Waals surface area contributed by atoms with Gasteiger partial charge in [-0.05, 0) is 22.0 Å². The number of nitro benzene ring substituents is 1. The molecule has 0 aliphatic carbocycles. The van der Waals surface area contributed by atoms with E-state index in [1.165, 1.54) is 6.07 Å². The van der Waals surface area contributed by atoms with E-state index >= 15 is 0 Å². The van der Waals surface area contributed by atoms with Crippen molar-refractivity contribution in [2.24, 2.45) is 0 Å². The summed E-state index contributed by atoms with van der Waals surface area (Å²) in [6.07, 6.45) is -0.550. The highest BCUT2D eigenvalue weighted by Gasteiger charge is 2.25. The molecule has 0 heterocycles. The van der Waals surface area contributed by atoms with Gasteiger partial charge in [-0.25, -0.2) is 4.39 Å².